The number of hydrogen-bond donors (Lipinski definition) is 1. The Labute approximate surface area is 145 Å². The molecule has 1 N–H and O–H groups in total. The summed E-state index contributed by atoms with van der Waals surface area (Å²) >= 11 is 0. The van der Waals surface area contributed by atoms with E-state index in [4.69, 9.17) is 9.47 Å². The third-order valence-corrected chi connectivity index (χ3v) is 4.48. The van der Waals surface area contributed by atoms with Gasteiger partial charge < -0.3 is 19.7 Å². The predicted molar refractivity (Wildman–Crippen MR) is 95.8 cm³/mol. The fourth-order valence-corrected chi connectivity index (χ4v) is 3.32. The highest BCUT2D eigenvalue weighted by Crippen LogP contribution is 2.40. The van der Waals surface area contributed by atoms with Gasteiger partial charge in [-0.3, -0.25) is 0 Å². The normalized spacial score (nSPS) is 17.0. The number of ether oxygens (including phenoxy) is 2. The van der Waals surface area contributed by atoms with Crippen LogP contribution in [0.25, 0.3) is 0 Å². The van der Waals surface area contributed by atoms with Crippen molar-refractivity contribution in [3.8, 4) is 11.5 Å². The number of carbonyl (C=O) groups is 1. The van der Waals surface area contributed by atoms with Crippen LogP contribution in [0, 0.1) is 11.8 Å². The van der Waals surface area contributed by atoms with Crippen molar-refractivity contribution in [1.82, 2.24) is 10.2 Å². The van der Waals surface area contributed by atoms with Gasteiger partial charge in [-0.2, -0.15) is 0 Å². The number of urea groups is 1. The minimum Gasteiger partial charge on any atom is -0.493 e. The van der Waals surface area contributed by atoms with Gasteiger partial charge >= 0.3 is 6.03 Å². The molecule has 1 heterocycles. The molecule has 1 aliphatic heterocycles. The number of nitrogens with zero attached hydrogens (tertiary/aromatic N) is 1. The van der Waals surface area contributed by atoms with E-state index in [0.717, 1.165) is 24.3 Å². The average molecular weight is 334 g/mol. The molecular formula is C19H30N2O3. The summed E-state index contributed by atoms with van der Waals surface area (Å²) in [6.07, 6.45) is 0.827. The van der Waals surface area contributed by atoms with Crippen LogP contribution in [0.5, 0.6) is 11.5 Å². The standard InChI is InChI=1S/C19H30N2O3/c1-12(2)11-20-19(22)21-8-7-14-9-16(23-5)17(24-6)10-15(14)18(21)13(3)4/h9-10,12-13,18H,7-8,11H2,1-6H3,(H,20,22). The molecule has 1 atom stereocenters. The first-order valence-electron chi connectivity index (χ1n) is 8.68. The summed E-state index contributed by atoms with van der Waals surface area (Å²) in [6, 6.07) is 4.14. The molecule has 0 radical (unpaired) electrons. The van der Waals surface area contributed by atoms with Crippen LogP contribution < -0.4 is 14.8 Å². The van der Waals surface area contributed by atoms with Crippen molar-refractivity contribution in [2.75, 3.05) is 27.3 Å². The molecule has 1 aromatic rings. The van der Waals surface area contributed by atoms with Gasteiger partial charge in [0.05, 0.1) is 20.3 Å². The van der Waals surface area contributed by atoms with Gasteiger partial charge in [-0.1, -0.05) is 27.7 Å². The van der Waals surface area contributed by atoms with Crippen LogP contribution in [0.15, 0.2) is 12.1 Å². The lowest BCUT2D eigenvalue weighted by Crippen LogP contribution is -2.47. The fourth-order valence-electron chi connectivity index (χ4n) is 3.32. The first-order valence-corrected chi connectivity index (χ1v) is 8.68. The molecule has 0 saturated heterocycles. The molecule has 1 unspecified atom stereocenters. The van der Waals surface area contributed by atoms with Crippen molar-refractivity contribution < 1.29 is 14.3 Å². The zero-order valence-electron chi connectivity index (χ0n) is 15.7. The van der Waals surface area contributed by atoms with E-state index in [1.54, 1.807) is 14.2 Å². The topological polar surface area (TPSA) is 50.8 Å². The Bertz CT molecular complexity index is 584. The Morgan fingerprint density at radius 2 is 1.83 bits per heavy atom. The fraction of sp³-hybridized carbons (Fsp3) is 0.632. The van der Waals surface area contributed by atoms with E-state index in [0.29, 0.717) is 24.1 Å². The lowest BCUT2D eigenvalue weighted by atomic mass is 9.86. The molecule has 2 rings (SSSR count). The predicted octanol–water partition coefficient (Wildman–Crippen LogP) is 3.62. The number of methoxy groups -OCH3 is 2. The minimum atomic E-state index is 0.0165. The molecule has 0 spiro atoms. The summed E-state index contributed by atoms with van der Waals surface area (Å²) in [5, 5.41) is 3.05. The molecule has 5 heteroatoms. The molecule has 1 aromatic carbocycles. The van der Waals surface area contributed by atoms with Crippen molar-refractivity contribution in [3.05, 3.63) is 23.3 Å². The first-order chi connectivity index (χ1) is 11.4. The van der Waals surface area contributed by atoms with Gasteiger partial charge in [0.15, 0.2) is 11.5 Å². The smallest absolute Gasteiger partial charge is 0.317 e. The highest BCUT2D eigenvalue weighted by Gasteiger charge is 2.34. The van der Waals surface area contributed by atoms with E-state index < -0.39 is 0 Å². The summed E-state index contributed by atoms with van der Waals surface area (Å²) in [7, 11) is 3.29. The molecule has 0 saturated carbocycles. The van der Waals surface area contributed by atoms with E-state index in [1.165, 1.54) is 5.56 Å². The monoisotopic (exact) mass is 334 g/mol. The lowest BCUT2D eigenvalue weighted by molar-refractivity contribution is 0.147. The quantitative estimate of drug-likeness (QED) is 0.895. The van der Waals surface area contributed by atoms with Crippen LogP contribution in [0.2, 0.25) is 0 Å². The van der Waals surface area contributed by atoms with Crippen LogP contribution >= 0.6 is 0 Å². The van der Waals surface area contributed by atoms with Crippen molar-refractivity contribution >= 4 is 6.03 Å². The second-order valence-corrected chi connectivity index (χ2v) is 7.12. The molecule has 24 heavy (non-hydrogen) atoms. The van der Waals surface area contributed by atoms with Crippen LogP contribution in [0.1, 0.15) is 44.9 Å². The molecule has 0 bridgehead atoms. The zero-order valence-corrected chi connectivity index (χ0v) is 15.7. The van der Waals surface area contributed by atoms with Crippen LogP contribution in [-0.4, -0.2) is 38.2 Å². The SMILES string of the molecule is COc1cc2c(cc1OC)C(C(C)C)N(C(=O)NCC(C)C)CC2. The van der Waals surface area contributed by atoms with E-state index in [9.17, 15) is 4.79 Å². The summed E-state index contributed by atoms with van der Waals surface area (Å²) in [5.74, 6) is 2.21. The highest BCUT2D eigenvalue weighted by atomic mass is 16.5. The van der Waals surface area contributed by atoms with Gasteiger partial charge in [-0.25, -0.2) is 4.79 Å². The van der Waals surface area contributed by atoms with Gasteiger partial charge in [-0.15, -0.1) is 0 Å². The lowest BCUT2D eigenvalue weighted by Gasteiger charge is -2.40. The maximum absolute atomic E-state index is 12.7. The Morgan fingerprint density at radius 3 is 2.38 bits per heavy atom. The number of amides is 2. The number of benzene rings is 1. The summed E-state index contributed by atoms with van der Waals surface area (Å²) < 4.78 is 10.9. The van der Waals surface area contributed by atoms with Crippen LogP contribution in [0.3, 0.4) is 0 Å². The second-order valence-electron chi connectivity index (χ2n) is 7.12. The highest BCUT2D eigenvalue weighted by molar-refractivity contribution is 5.75. The number of rotatable bonds is 5. The molecule has 5 nitrogen and oxygen atoms in total. The molecule has 0 fully saturated rings. The number of carbonyl (C=O) groups excluding carboxylic acids is 1. The van der Waals surface area contributed by atoms with Gasteiger partial charge in [0.25, 0.3) is 0 Å². The maximum Gasteiger partial charge on any atom is 0.317 e. The minimum absolute atomic E-state index is 0.0165. The van der Waals surface area contributed by atoms with Gasteiger partial charge in [0.1, 0.15) is 0 Å². The average Bonchev–Trinajstić information content (AvgIpc) is 2.56. The third-order valence-electron chi connectivity index (χ3n) is 4.48. The van der Waals surface area contributed by atoms with E-state index >= 15 is 0 Å². The van der Waals surface area contributed by atoms with E-state index in [1.807, 2.05) is 17.0 Å². The second kappa shape index (κ2) is 7.77. The molecule has 134 valence electrons. The largest absolute Gasteiger partial charge is 0.493 e. The van der Waals surface area contributed by atoms with Gasteiger partial charge in [0.2, 0.25) is 0 Å². The van der Waals surface area contributed by atoms with Crippen molar-refractivity contribution in [3.63, 3.8) is 0 Å². The molecule has 2 amide bonds. The molecular weight excluding hydrogens is 304 g/mol. The van der Waals surface area contributed by atoms with Gasteiger partial charge in [0, 0.05) is 13.1 Å². The van der Waals surface area contributed by atoms with Crippen molar-refractivity contribution in [1.29, 1.82) is 0 Å². The summed E-state index contributed by atoms with van der Waals surface area (Å²) in [4.78, 5) is 14.6. The van der Waals surface area contributed by atoms with Crippen LogP contribution in [0.4, 0.5) is 4.79 Å². The zero-order chi connectivity index (χ0) is 17.9. The van der Waals surface area contributed by atoms with E-state index in [-0.39, 0.29) is 12.1 Å². The Hall–Kier alpha value is -1.91. The number of hydrogen-bond acceptors (Lipinski definition) is 3. The first kappa shape index (κ1) is 18.4. The van der Waals surface area contributed by atoms with Crippen molar-refractivity contribution in [2.45, 2.75) is 40.2 Å². The molecule has 0 aliphatic carbocycles. The van der Waals surface area contributed by atoms with Gasteiger partial charge in [-0.05, 0) is 41.5 Å². The third kappa shape index (κ3) is 3.77. The maximum atomic E-state index is 12.7. The Kier molecular flexibility index (Phi) is 5.97. The number of nitrogens with one attached hydrogen (secondary N) is 1. The summed E-state index contributed by atoms with van der Waals surface area (Å²) in [6.45, 7) is 9.91. The number of fused-ring (bicyclic) bond motifs is 1. The Morgan fingerprint density at radius 1 is 1.21 bits per heavy atom. The molecule has 0 aromatic heterocycles. The van der Waals surface area contributed by atoms with E-state index in [2.05, 4.69) is 33.0 Å². The summed E-state index contributed by atoms with van der Waals surface area (Å²) in [5.41, 5.74) is 2.40. The van der Waals surface area contributed by atoms with Crippen LogP contribution in [-0.2, 0) is 6.42 Å². The van der Waals surface area contributed by atoms with Crippen molar-refractivity contribution in [2.24, 2.45) is 11.8 Å². The Balaban J connectivity index is 2.35. The molecule has 1 aliphatic rings.